The number of carbonyl (C=O) groups excluding carboxylic acids is 2. The van der Waals surface area contributed by atoms with Crippen LogP contribution in [0.3, 0.4) is 0 Å². The first-order chi connectivity index (χ1) is 14.6. The molecule has 3 rings (SSSR count). The number of hydrogen-bond donors (Lipinski definition) is 3. The van der Waals surface area contributed by atoms with E-state index in [1.54, 1.807) is 22.9 Å². The Labute approximate surface area is 175 Å². The smallest absolute Gasteiger partial charge is 0.352 e. The maximum Gasteiger partial charge on any atom is 0.389 e. The maximum atomic E-state index is 12.2. The van der Waals surface area contributed by atoms with Crippen LogP contribution in [0.5, 0.6) is 0 Å². The van der Waals surface area contributed by atoms with Gasteiger partial charge >= 0.3 is 6.18 Å². The van der Waals surface area contributed by atoms with E-state index in [1.165, 1.54) is 6.33 Å². The Morgan fingerprint density at radius 3 is 2.65 bits per heavy atom. The van der Waals surface area contributed by atoms with Gasteiger partial charge in [-0.05, 0) is 31.5 Å². The molecule has 0 bridgehead atoms. The molecule has 0 saturated heterocycles. The summed E-state index contributed by atoms with van der Waals surface area (Å²) in [5, 5.41) is 9.26. The molecule has 12 heteroatoms. The van der Waals surface area contributed by atoms with Gasteiger partial charge < -0.3 is 15.6 Å². The summed E-state index contributed by atoms with van der Waals surface area (Å²) in [4.78, 5) is 35.2. The number of nitrogens with zero attached hydrogens (tertiary/aromatic N) is 4. The molecule has 3 N–H and O–H groups in total. The van der Waals surface area contributed by atoms with Crippen molar-refractivity contribution in [1.29, 1.82) is 0 Å². The highest BCUT2D eigenvalue weighted by atomic mass is 19.4. The van der Waals surface area contributed by atoms with Gasteiger partial charge in [-0.3, -0.25) is 9.59 Å². The summed E-state index contributed by atoms with van der Waals surface area (Å²) in [7, 11) is 0. The average Bonchev–Trinajstić information content (AvgIpc) is 3.35. The number of fused-ring (bicyclic) bond motifs is 1. The molecule has 31 heavy (non-hydrogen) atoms. The van der Waals surface area contributed by atoms with E-state index in [4.69, 9.17) is 0 Å². The minimum Gasteiger partial charge on any atom is -0.352 e. The topological polar surface area (TPSA) is 118 Å². The third kappa shape index (κ3) is 6.27. The van der Waals surface area contributed by atoms with E-state index in [-0.39, 0.29) is 25.0 Å². The van der Waals surface area contributed by atoms with Crippen molar-refractivity contribution in [2.45, 2.75) is 52.0 Å². The third-order valence-electron chi connectivity index (χ3n) is 4.38. The van der Waals surface area contributed by atoms with Gasteiger partial charge in [-0.25, -0.2) is 14.6 Å². The van der Waals surface area contributed by atoms with E-state index in [2.05, 4.69) is 30.7 Å². The first kappa shape index (κ1) is 22.2. The molecule has 2 aromatic heterocycles. The van der Waals surface area contributed by atoms with E-state index in [1.807, 2.05) is 13.8 Å². The summed E-state index contributed by atoms with van der Waals surface area (Å²) in [6.07, 6.45) is -4.63. The van der Waals surface area contributed by atoms with Gasteiger partial charge in [0, 0.05) is 19.0 Å². The van der Waals surface area contributed by atoms with Crippen molar-refractivity contribution in [2.24, 2.45) is 0 Å². The molecule has 0 saturated carbocycles. The van der Waals surface area contributed by atoms with Crippen LogP contribution in [0, 0.1) is 0 Å². The van der Waals surface area contributed by atoms with Crippen molar-refractivity contribution >= 4 is 22.8 Å². The zero-order valence-corrected chi connectivity index (χ0v) is 17.0. The van der Waals surface area contributed by atoms with Crippen molar-refractivity contribution in [2.75, 3.05) is 0 Å². The number of carbonyl (C=O) groups is 2. The molecule has 0 fully saturated rings. The number of rotatable bonds is 8. The molecule has 0 radical (unpaired) electrons. The molecule has 0 spiro atoms. The van der Waals surface area contributed by atoms with Crippen LogP contribution < -0.4 is 10.6 Å². The van der Waals surface area contributed by atoms with Gasteiger partial charge in [0.2, 0.25) is 11.7 Å². The second-order valence-electron chi connectivity index (χ2n) is 7.25. The second-order valence-corrected chi connectivity index (χ2v) is 7.25. The Hall–Kier alpha value is -3.44. The molecular weight excluding hydrogens is 415 g/mol. The minimum absolute atomic E-state index is 0.0633. The first-order valence-corrected chi connectivity index (χ1v) is 9.61. The molecule has 2 amide bonds. The number of amides is 2. The van der Waals surface area contributed by atoms with Crippen LogP contribution in [-0.2, 0) is 17.9 Å². The highest BCUT2D eigenvalue weighted by Crippen LogP contribution is 2.21. The molecule has 2 heterocycles. The summed E-state index contributed by atoms with van der Waals surface area (Å²) in [6, 6.07) is 5.27. The highest BCUT2D eigenvalue weighted by molar-refractivity contribution is 5.90. The van der Waals surface area contributed by atoms with Crippen LogP contribution in [0.15, 0.2) is 24.5 Å². The number of H-pyrrole nitrogens is 1. The largest absolute Gasteiger partial charge is 0.389 e. The Balaban J connectivity index is 1.55. The van der Waals surface area contributed by atoms with E-state index >= 15 is 0 Å². The third-order valence-corrected chi connectivity index (χ3v) is 4.38. The minimum atomic E-state index is -4.36. The van der Waals surface area contributed by atoms with Gasteiger partial charge in [0.05, 0.1) is 24.0 Å². The number of aromatic nitrogens is 5. The van der Waals surface area contributed by atoms with Crippen molar-refractivity contribution in [3.63, 3.8) is 0 Å². The van der Waals surface area contributed by atoms with Gasteiger partial charge in [0.25, 0.3) is 5.91 Å². The molecule has 0 aliphatic carbocycles. The summed E-state index contributed by atoms with van der Waals surface area (Å²) < 4.78 is 38.1. The van der Waals surface area contributed by atoms with Gasteiger partial charge in [0.15, 0.2) is 0 Å². The van der Waals surface area contributed by atoms with Crippen LogP contribution in [0.25, 0.3) is 11.0 Å². The maximum absolute atomic E-state index is 12.2. The van der Waals surface area contributed by atoms with E-state index in [0.717, 1.165) is 0 Å². The molecule has 0 unspecified atom stereocenters. The van der Waals surface area contributed by atoms with E-state index < -0.39 is 30.8 Å². The van der Waals surface area contributed by atoms with Gasteiger partial charge in [-0.1, -0.05) is 6.07 Å². The first-order valence-electron chi connectivity index (χ1n) is 9.61. The molecule has 166 valence electrons. The molecular formula is C19H22F3N7O2. The van der Waals surface area contributed by atoms with Crippen LogP contribution in [0.2, 0.25) is 0 Å². The molecule has 9 nitrogen and oxygen atoms in total. The second kappa shape index (κ2) is 9.14. The predicted molar refractivity (Wildman–Crippen MR) is 105 cm³/mol. The zero-order valence-electron chi connectivity index (χ0n) is 17.0. The van der Waals surface area contributed by atoms with Crippen molar-refractivity contribution < 1.29 is 22.8 Å². The predicted octanol–water partition coefficient (Wildman–Crippen LogP) is 2.62. The molecule has 0 aliphatic rings. The quantitative estimate of drug-likeness (QED) is 0.501. The number of alkyl halides is 3. The average molecular weight is 437 g/mol. The lowest BCUT2D eigenvalue weighted by molar-refractivity contribution is -0.144. The van der Waals surface area contributed by atoms with Crippen LogP contribution in [0.4, 0.5) is 13.2 Å². The number of aromatic amines is 1. The lowest BCUT2D eigenvalue weighted by Crippen LogP contribution is -2.24. The van der Waals surface area contributed by atoms with Crippen molar-refractivity contribution in [3.8, 4) is 0 Å². The fourth-order valence-electron chi connectivity index (χ4n) is 2.72. The SMILES string of the molecule is CC(C)n1cnc(C(=O)NCc2nc3ccc(CNC(=O)CCC(F)(F)F)cc3[nH]2)n1. The number of nitrogens with one attached hydrogen (secondary N) is 3. The number of hydrogen-bond acceptors (Lipinski definition) is 5. The van der Waals surface area contributed by atoms with Crippen molar-refractivity contribution in [3.05, 3.63) is 41.7 Å². The summed E-state index contributed by atoms with van der Waals surface area (Å²) in [6.45, 7) is 4.08. The van der Waals surface area contributed by atoms with Crippen molar-refractivity contribution in [1.82, 2.24) is 35.4 Å². The Morgan fingerprint density at radius 1 is 1.19 bits per heavy atom. The Kier molecular flexibility index (Phi) is 6.56. The lowest BCUT2D eigenvalue weighted by atomic mass is 10.2. The van der Waals surface area contributed by atoms with E-state index in [9.17, 15) is 22.8 Å². The van der Waals surface area contributed by atoms with E-state index in [0.29, 0.717) is 22.4 Å². The van der Waals surface area contributed by atoms with Gasteiger partial charge in [-0.2, -0.15) is 13.2 Å². The van der Waals surface area contributed by atoms with Gasteiger partial charge in [0.1, 0.15) is 12.2 Å². The van der Waals surface area contributed by atoms with Crippen LogP contribution in [-0.4, -0.2) is 42.7 Å². The lowest BCUT2D eigenvalue weighted by Gasteiger charge is -2.07. The number of imidazole rings is 1. The summed E-state index contributed by atoms with van der Waals surface area (Å²) in [5.74, 6) is -0.521. The summed E-state index contributed by atoms with van der Waals surface area (Å²) in [5.41, 5.74) is 2.03. The fraction of sp³-hybridized carbons (Fsp3) is 0.421. The normalized spacial score (nSPS) is 11.8. The Morgan fingerprint density at radius 2 is 1.97 bits per heavy atom. The Bertz CT molecular complexity index is 1070. The molecule has 1 aromatic carbocycles. The highest BCUT2D eigenvalue weighted by Gasteiger charge is 2.27. The summed E-state index contributed by atoms with van der Waals surface area (Å²) >= 11 is 0. The zero-order chi connectivity index (χ0) is 22.6. The number of halogens is 3. The number of benzene rings is 1. The molecule has 0 atom stereocenters. The molecule has 3 aromatic rings. The monoisotopic (exact) mass is 437 g/mol. The fourth-order valence-corrected chi connectivity index (χ4v) is 2.72. The molecule has 0 aliphatic heterocycles. The van der Waals surface area contributed by atoms with Crippen LogP contribution in [0.1, 0.15) is 54.7 Å². The van der Waals surface area contributed by atoms with Crippen LogP contribution >= 0.6 is 0 Å². The van der Waals surface area contributed by atoms with Gasteiger partial charge in [-0.15, -0.1) is 5.10 Å². The standard InChI is InChI=1S/C19H22F3N7O2/c1-11(2)29-10-25-17(28-29)18(31)24-9-15-26-13-4-3-12(7-14(13)27-15)8-23-16(30)5-6-19(20,21)22/h3-4,7,10-11H,5-6,8-9H2,1-2H3,(H,23,30)(H,24,31)(H,26,27).